The van der Waals surface area contributed by atoms with Crippen molar-refractivity contribution in [2.75, 3.05) is 25.4 Å². The molecule has 0 unspecified atom stereocenters. The standard InChI is InChI=1S/C17H22N2S/c1-13-5-6-15-12-14(2)17(18-16(15)11-13)20-10-9-19-7-3-4-8-19/h5-6,11-12H,3-4,7-10H2,1-2H3. The van der Waals surface area contributed by atoms with Gasteiger partial charge in [-0.15, -0.1) is 11.8 Å². The fourth-order valence-electron chi connectivity index (χ4n) is 2.79. The van der Waals surface area contributed by atoms with Gasteiger partial charge < -0.3 is 4.90 Å². The number of aromatic nitrogens is 1. The molecule has 1 aromatic carbocycles. The summed E-state index contributed by atoms with van der Waals surface area (Å²) in [4.78, 5) is 7.41. The molecule has 106 valence electrons. The predicted octanol–water partition coefficient (Wildman–Crippen LogP) is 4.04. The molecule has 2 heterocycles. The minimum Gasteiger partial charge on any atom is -0.303 e. The van der Waals surface area contributed by atoms with Gasteiger partial charge in [-0.2, -0.15) is 0 Å². The van der Waals surface area contributed by atoms with Crippen LogP contribution in [-0.2, 0) is 0 Å². The minimum atomic E-state index is 1.12. The van der Waals surface area contributed by atoms with Gasteiger partial charge in [-0.25, -0.2) is 4.98 Å². The molecule has 0 N–H and O–H groups in total. The van der Waals surface area contributed by atoms with E-state index in [4.69, 9.17) is 4.98 Å². The molecule has 2 aromatic rings. The monoisotopic (exact) mass is 286 g/mol. The highest BCUT2D eigenvalue weighted by atomic mass is 32.2. The van der Waals surface area contributed by atoms with E-state index < -0.39 is 0 Å². The maximum atomic E-state index is 4.84. The van der Waals surface area contributed by atoms with E-state index >= 15 is 0 Å². The number of likely N-dealkylation sites (tertiary alicyclic amines) is 1. The number of hydrogen-bond acceptors (Lipinski definition) is 3. The van der Waals surface area contributed by atoms with Crippen molar-refractivity contribution in [3.8, 4) is 0 Å². The lowest BCUT2D eigenvalue weighted by molar-refractivity contribution is 0.362. The summed E-state index contributed by atoms with van der Waals surface area (Å²) in [5.74, 6) is 1.14. The first kappa shape index (κ1) is 13.9. The van der Waals surface area contributed by atoms with Crippen LogP contribution >= 0.6 is 11.8 Å². The molecule has 1 aliphatic rings. The molecule has 0 saturated carbocycles. The van der Waals surface area contributed by atoms with E-state index in [9.17, 15) is 0 Å². The van der Waals surface area contributed by atoms with Crippen LogP contribution in [0.4, 0.5) is 0 Å². The van der Waals surface area contributed by atoms with Gasteiger partial charge in [0, 0.05) is 17.7 Å². The Morgan fingerprint density at radius 1 is 1.15 bits per heavy atom. The van der Waals surface area contributed by atoms with Crippen molar-refractivity contribution < 1.29 is 0 Å². The lowest BCUT2D eigenvalue weighted by Crippen LogP contribution is -2.21. The molecule has 0 spiro atoms. The predicted molar refractivity (Wildman–Crippen MR) is 87.6 cm³/mol. The number of aryl methyl sites for hydroxylation is 2. The number of fused-ring (bicyclic) bond motifs is 1. The van der Waals surface area contributed by atoms with Crippen LogP contribution in [0.5, 0.6) is 0 Å². The van der Waals surface area contributed by atoms with Gasteiger partial charge in [-0.1, -0.05) is 12.1 Å². The van der Waals surface area contributed by atoms with Crippen molar-refractivity contribution >= 4 is 22.7 Å². The summed E-state index contributed by atoms with van der Waals surface area (Å²) in [6, 6.07) is 8.77. The molecule has 20 heavy (non-hydrogen) atoms. The SMILES string of the molecule is Cc1ccc2cc(C)c(SCCN3CCCC3)nc2c1. The van der Waals surface area contributed by atoms with Crippen LogP contribution in [0, 0.1) is 13.8 Å². The van der Waals surface area contributed by atoms with E-state index in [-0.39, 0.29) is 0 Å². The van der Waals surface area contributed by atoms with Crippen molar-refractivity contribution in [2.24, 2.45) is 0 Å². The average Bonchev–Trinajstić information content (AvgIpc) is 2.93. The van der Waals surface area contributed by atoms with Crippen LogP contribution in [0.25, 0.3) is 10.9 Å². The Morgan fingerprint density at radius 3 is 2.75 bits per heavy atom. The van der Waals surface area contributed by atoms with Gasteiger partial charge in [0.25, 0.3) is 0 Å². The quantitative estimate of drug-likeness (QED) is 0.789. The van der Waals surface area contributed by atoms with Gasteiger partial charge in [0.05, 0.1) is 10.5 Å². The van der Waals surface area contributed by atoms with Crippen LogP contribution in [0.2, 0.25) is 0 Å². The van der Waals surface area contributed by atoms with E-state index in [0.29, 0.717) is 0 Å². The molecule has 0 radical (unpaired) electrons. The number of thioether (sulfide) groups is 1. The molecule has 1 fully saturated rings. The second-order valence-electron chi connectivity index (χ2n) is 5.70. The highest BCUT2D eigenvalue weighted by Gasteiger charge is 2.11. The summed E-state index contributed by atoms with van der Waals surface area (Å²) in [5.41, 5.74) is 3.70. The van der Waals surface area contributed by atoms with E-state index in [2.05, 4.69) is 43.0 Å². The molecule has 0 aliphatic carbocycles. The smallest absolute Gasteiger partial charge is 0.0997 e. The van der Waals surface area contributed by atoms with Gasteiger partial charge in [-0.05, 0) is 63.0 Å². The summed E-state index contributed by atoms with van der Waals surface area (Å²) in [6.45, 7) is 8.05. The van der Waals surface area contributed by atoms with E-state index in [0.717, 1.165) is 11.3 Å². The zero-order chi connectivity index (χ0) is 13.9. The molecule has 3 heteroatoms. The minimum absolute atomic E-state index is 1.12. The zero-order valence-electron chi connectivity index (χ0n) is 12.4. The maximum Gasteiger partial charge on any atom is 0.0997 e. The van der Waals surface area contributed by atoms with Crippen molar-refractivity contribution in [1.82, 2.24) is 9.88 Å². The van der Waals surface area contributed by atoms with Crippen LogP contribution < -0.4 is 0 Å². The molecule has 1 aliphatic heterocycles. The highest BCUT2D eigenvalue weighted by Crippen LogP contribution is 2.25. The first-order chi connectivity index (χ1) is 9.72. The van der Waals surface area contributed by atoms with Crippen molar-refractivity contribution in [3.63, 3.8) is 0 Å². The van der Waals surface area contributed by atoms with Gasteiger partial charge >= 0.3 is 0 Å². The van der Waals surface area contributed by atoms with Crippen molar-refractivity contribution in [2.45, 2.75) is 31.7 Å². The normalized spacial score (nSPS) is 16.1. The summed E-state index contributed by atoms with van der Waals surface area (Å²) < 4.78 is 0. The largest absolute Gasteiger partial charge is 0.303 e. The Bertz CT molecular complexity index is 603. The fourth-order valence-corrected chi connectivity index (χ4v) is 3.78. The van der Waals surface area contributed by atoms with Gasteiger partial charge in [0.1, 0.15) is 0 Å². The van der Waals surface area contributed by atoms with Crippen LogP contribution in [-0.4, -0.2) is 35.3 Å². The lowest BCUT2D eigenvalue weighted by Gasteiger charge is -2.14. The molecule has 0 atom stereocenters. The molecular formula is C17H22N2S. The fraction of sp³-hybridized carbons (Fsp3) is 0.471. The molecular weight excluding hydrogens is 264 g/mol. The lowest BCUT2D eigenvalue weighted by atomic mass is 10.1. The first-order valence-electron chi connectivity index (χ1n) is 7.45. The highest BCUT2D eigenvalue weighted by molar-refractivity contribution is 7.99. The van der Waals surface area contributed by atoms with Crippen molar-refractivity contribution in [3.05, 3.63) is 35.4 Å². The summed E-state index contributed by atoms with van der Waals surface area (Å²) in [7, 11) is 0. The maximum absolute atomic E-state index is 4.84. The Morgan fingerprint density at radius 2 is 1.95 bits per heavy atom. The molecule has 1 aromatic heterocycles. The van der Waals surface area contributed by atoms with Crippen LogP contribution in [0.15, 0.2) is 29.3 Å². The molecule has 2 nitrogen and oxygen atoms in total. The van der Waals surface area contributed by atoms with E-state index in [1.807, 2.05) is 11.8 Å². The average molecular weight is 286 g/mol. The summed E-state index contributed by atoms with van der Waals surface area (Å²) in [6.07, 6.45) is 2.74. The van der Waals surface area contributed by atoms with Gasteiger partial charge in [0.15, 0.2) is 0 Å². The summed E-state index contributed by atoms with van der Waals surface area (Å²) in [5, 5.41) is 2.44. The van der Waals surface area contributed by atoms with Crippen molar-refractivity contribution in [1.29, 1.82) is 0 Å². The molecule has 1 saturated heterocycles. The number of rotatable bonds is 4. The van der Waals surface area contributed by atoms with Crippen LogP contribution in [0.1, 0.15) is 24.0 Å². The number of hydrogen-bond donors (Lipinski definition) is 0. The first-order valence-corrected chi connectivity index (χ1v) is 8.44. The Balaban J connectivity index is 1.71. The Kier molecular flexibility index (Phi) is 4.27. The molecule has 0 bridgehead atoms. The second kappa shape index (κ2) is 6.15. The van der Waals surface area contributed by atoms with E-state index in [1.54, 1.807) is 0 Å². The molecule has 0 amide bonds. The topological polar surface area (TPSA) is 16.1 Å². The Hall–Kier alpha value is -1.06. The third-order valence-corrected chi connectivity index (χ3v) is 5.04. The van der Waals surface area contributed by atoms with E-state index in [1.165, 1.54) is 54.0 Å². The molecule has 3 rings (SSSR count). The van der Waals surface area contributed by atoms with Gasteiger partial charge in [0.2, 0.25) is 0 Å². The van der Waals surface area contributed by atoms with Crippen LogP contribution in [0.3, 0.4) is 0 Å². The second-order valence-corrected chi connectivity index (χ2v) is 6.79. The zero-order valence-corrected chi connectivity index (χ0v) is 13.2. The Labute approximate surface area is 125 Å². The number of nitrogens with zero attached hydrogens (tertiary/aromatic N) is 2. The summed E-state index contributed by atoms with van der Waals surface area (Å²) >= 11 is 1.90. The van der Waals surface area contributed by atoms with Gasteiger partial charge in [-0.3, -0.25) is 0 Å². The number of benzene rings is 1. The third-order valence-electron chi connectivity index (χ3n) is 3.96. The third kappa shape index (κ3) is 3.15. The number of pyridine rings is 1.